The van der Waals surface area contributed by atoms with Crippen LogP contribution < -0.4 is 5.32 Å². The smallest absolute Gasteiger partial charge is 0.246 e. The molecule has 2 heterocycles. The first-order chi connectivity index (χ1) is 9.17. The number of aromatic nitrogens is 1. The van der Waals surface area contributed by atoms with Crippen LogP contribution in [-0.2, 0) is 16.1 Å². The van der Waals surface area contributed by atoms with E-state index in [4.69, 9.17) is 0 Å². The summed E-state index contributed by atoms with van der Waals surface area (Å²) in [6.45, 7) is 4.42. The highest BCUT2D eigenvalue weighted by Crippen LogP contribution is 2.20. The Morgan fingerprint density at radius 1 is 1.42 bits per heavy atom. The summed E-state index contributed by atoms with van der Waals surface area (Å²) in [7, 11) is 0. The summed E-state index contributed by atoms with van der Waals surface area (Å²) in [5.41, 5.74) is 1.75. The number of nitrogens with zero attached hydrogens (tertiary/aromatic N) is 2. The molecule has 0 bridgehead atoms. The Balaban J connectivity index is 2.20. The number of amides is 2. The maximum absolute atomic E-state index is 12.4. The fourth-order valence-electron chi connectivity index (χ4n) is 2.34. The Kier molecular flexibility index (Phi) is 4.52. The lowest BCUT2D eigenvalue weighted by molar-refractivity contribution is -0.150. The molecular formula is C13H19N3O2S. The average Bonchev–Trinajstić information content (AvgIpc) is 2.90. The predicted molar refractivity (Wildman–Crippen MR) is 73.6 cm³/mol. The molecule has 1 aliphatic rings. The number of piperazine rings is 1. The van der Waals surface area contributed by atoms with Crippen LogP contribution >= 0.6 is 11.3 Å². The molecule has 104 valence electrons. The lowest BCUT2D eigenvalue weighted by Crippen LogP contribution is -2.62. The topological polar surface area (TPSA) is 62.3 Å². The number of carbonyl (C=O) groups excluding carboxylic acids is 2. The van der Waals surface area contributed by atoms with Crippen LogP contribution in [0.1, 0.15) is 38.0 Å². The molecule has 2 unspecified atom stereocenters. The Morgan fingerprint density at radius 2 is 2.21 bits per heavy atom. The van der Waals surface area contributed by atoms with E-state index in [0.29, 0.717) is 19.4 Å². The molecule has 2 amide bonds. The van der Waals surface area contributed by atoms with Crippen LogP contribution in [0.25, 0.3) is 0 Å². The van der Waals surface area contributed by atoms with E-state index in [9.17, 15) is 9.59 Å². The summed E-state index contributed by atoms with van der Waals surface area (Å²) in [5.74, 6) is -0.00762. The van der Waals surface area contributed by atoms with Crippen LogP contribution in [0.4, 0.5) is 0 Å². The van der Waals surface area contributed by atoms with Crippen molar-refractivity contribution in [1.29, 1.82) is 0 Å². The summed E-state index contributed by atoms with van der Waals surface area (Å²) >= 11 is 1.51. The minimum atomic E-state index is -0.381. The second-order valence-corrected chi connectivity index (χ2v) is 5.68. The van der Waals surface area contributed by atoms with E-state index in [0.717, 1.165) is 11.3 Å². The van der Waals surface area contributed by atoms with Gasteiger partial charge in [0.15, 0.2) is 0 Å². The monoisotopic (exact) mass is 281 g/mol. The maximum Gasteiger partial charge on any atom is 0.246 e. The molecule has 1 aromatic heterocycles. The second-order valence-electron chi connectivity index (χ2n) is 4.71. The first-order valence-corrected chi connectivity index (χ1v) is 7.53. The van der Waals surface area contributed by atoms with Gasteiger partial charge in [-0.15, -0.1) is 11.3 Å². The summed E-state index contributed by atoms with van der Waals surface area (Å²) in [5, 5.41) is 2.82. The predicted octanol–water partition coefficient (Wildman–Crippen LogP) is 1.55. The number of hydrogen-bond acceptors (Lipinski definition) is 4. The Labute approximate surface area is 117 Å². The Morgan fingerprint density at radius 3 is 2.79 bits per heavy atom. The number of rotatable bonds is 5. The quantitative estimate of drug-likeness (QED) is 0.890. The zero-order chi connectivity index (χ0) is 13.8. The molecule has 5 nitrogen and oxygen atoms in total. The van der Waals surface area contributed by atoms with Gasteiger partial charge in [-0.3, -0.25) is 14.6 Å². The summed E-state index contributed by atoms with van der Waals surface area (Å²) < 4.78 is 0. The van der Waals surface area contributed by atoms with Gasteiger partial charge in [-0.25, -0.2) is 0 Å². The standard InChI is InChI=1S/C13H19N3O2S/c1-3-5-11-12(17)15-10(4-2)13(18)16(11)7-9-6-14-8-19-9/h6,8,10-11H,3-5,7H2,1-2H3,(H,15,17). The minimum Gasteiger partial charge on any atom is -0.343 e. The molecule has 1 saturated heterocycles. The zero-order valence-corrected chi connectivity index (χ0v) is 12.1. The van der Waals surface area contributed by atoms with E-state index in [1.165, 1.54) is 11.3 Å². The molecule has 1 aliphatic heterocycles. The number of hydrogen-bond donors (Lipinski definition) is 1. The highest BCUT2D eigenvalue weighted by molar-refractivity contribution is 7.09. The van der Waals surface area contributed by atoms with Crippen LogP contribution in [0.2, 0.25) is 0 Å². The molecule has 19 heavy (non-hydrogen) atoms. The fourth-order valence-corrected chi connectivity index (χ4v) is 2.93. The molecule has 0 radical (unpaired) electrons. The number of carbonyl (C=O) groups is 2. The van der Waals surface area contributed by atoms with Crippen molar-refractivity contribution >= 4 is 23.2 Å². The van der Waals surface area contributed by atoms with Crippen LogP contribution in [0, 0.1) is 0 Å². The van der Waals surface area contributed by atoms with Crippen LogP contribution in [0.3, 0.4) is 0 Å². The zero-order valence-electron chi connectivity index (χ0n) is 11.3. The Hall–Kier alpha value is -1.43. The number of thiazole rings is 1. The third-order valence-corrected chi connectivity index (χ3v) is 4.12. The van der Waals surface area contributed by atoms with Gasteiger partial charge in [-0.1, -0.05) is 20.3 Å². The van der Waals surface area contributed by atoms with Crippen molar-refractivity contribution in [2.75, 3.05) is 0 Å². The van der Waals surface area contributed by atoms with Crippen molar-refractivity contribution in [1.82, 2.24) is 15.2 Å². The molecule has 0 aromatic carbocycles. The molecule has 2 atom stereocenters. The van der Waals surface area contributed by atoms with Crippen molar-refractivity contribution in [2.45, 2.75) is 51.7 Å². The van der Waals surface area contributed by atoms with Gasteiger partial charge in [0.05, 0.1) is 12.1 Å². The van der Waals surface area contributed by atoms with Crippen LogP contribution in [-0.4, -0.2) is 33.8 Å². The van der Waals surface area contributed by atoms with Gasteiger partial charge in [-0.2, -0.15) is 0 Å². The SMILES string of the molecule is CCCC1C(=O)NC(CC)C(=O)N1Cc1cncs1. The molecule has 6 heteroatoms. The van der Waals surface area contributed by atoms with E-state index < -0.39 is 0 Å². The highest BCUT2D eigenvalue weighted by Gasteiger charge is 2.39. The highest BCUT2D eigenvalue weighted by atomic mass is 32.1. The van der Waals surface area contributed by atoms with Gasteiger partial charge in [0.2, 0.25) is 11.8 Å². The van der Waals surface area contributed by atoms with Gasteiger partial charge < -0.3 is 10.2 Å². The molecule has 1 N–H and O–H groups in total. The lowest BCUT2D eigenvalue weighted by atomic mass is 10.0. The largest absolute Gasteiger partial charge is 0.343 e. The molecule has 1 aromatic rings. The number of nitrogens with one attached hydrogen (secondary N) is 1. The summed E-state index contributed by atoms with van der Waals surface area (Å²) in [6, 6.07) is -0.726. The van der Waals surface area contributed by atoms with Crippen LogP contribution in [0.15, 0.2) is 11.7 Å². The first kappa shape index (κ1) is 14.0. The van der Waals surface area contributed by atoms with E-state index in [-0.39, 0.29) is 23.9 Å². The lowest BCUT2D eigenvalue weighted by Gasteiger charge is -2.38. The third-order valence-electron chi connectivity index (χ3n) is 3.36. The van der Waals surface area contributed by atoms with Crippen LogP contribution in [0.5, 0.6) is 0 Å². The summed E-state index contributed by atoms with van der Waals surface area (Å²) in [4.78, 5) is 31.3. The Bertz CT molecular complexity index is 447. The van der Waals surface area contributed by atoms with Gasteiger partial charge >= 0.3 is 0 Å². The van der Waals surface area contributed by atoms with Gasteiger partial charge in [0.1, 0.15) is 12.1 Å². The normalized spacial score (nSPS) is 23.6. The fraction of sp³-hybridized carbons (Fsp3) is 0.615. The average molecular weight is 281 g/mol. The van der Waals surface area contributed by atoms with Gasteiger partial charge in [-0.05, 0) is 12.8 Å². The van der Waals surface area contributed by atoms with Gasteiger partial charge in [0.25, 0.3) is 0 Å². The second kappa shape index (κ2) is 6.14. The van der Waals surface area contributed by atoms with E-state index in [2.05, 4.69) is 10.3 Å². The summed E-state index contributed by atoms with van der Waals surface area (Å²) in [6.07, 6.45) is 3.96. The molecule has 1 fully saturated rings. The minimum absolute atomic E-state index is 0.0222. The first-order valence-electron chi connectivity index (χ1n) is 6.65. The van der Waals surface area contributed by atoms with Crippen molar-refractivity contribution < 1.29 is 9.59 Å². The van der Waals surface area contributed by atoms with E-state index >= 15 is 0 Å². The maximum atomic E-state index is 12.4. The van der Waals surface area contributed by atoms with Crippen molar-refractivity contribution in [2.24, 2.45) is 0 Å². The molecule has 2 rings (SSSR count). The van der Waals surface area contributed by atoms with E-state index in [1.807, 2.05) is 13.8 Å². The molecule has 0 spiro atoms. The molecular weight excluding hydrogens is 262 g/mol. The van der Waals surface area contributed by atoms with Crippen molar-refractivity contribution in [3.05, 3.63) is 16.6 Å². The molecule has 0 aliphatic carbocycles. The molecule has 0 saturated carbocycles. The van der Waals surface area contributed by atoms with E-state index in [1.54, 1.807) is 16.6 Å². The third kappa shape index (κ3) is 2.94. The van der Waals surface area contributed by atoms with Crippen molar-refractivity contribution in [3.63, 3.8) is 0 Å². The van der Waals surface area contributed by atoms with Crippen molar-refractivity contribution in [3.8, 4) is 0 Å². The van der Waals surface area contributed by atoms with Gasteiger partial charge in [0, 0.05) is 11.1 Å².